The van der Waals surface area contributed by atoms with E-state index in [1.807, 2.05) is 0 Å². The monoisotopic (exact) mass is 339 g/mol. The summed E-state index contributed by atoms with van der Waals surface area (Å²) in [5.41, 5.74) is 0.813. The minimum atomic E-state index is -4.25. The maximum atomic E-state index is 12.7. The molecule has 4 nitrogen and oxygen atoms in total. The van der Waals surface area contributed by atoms with Gasteiger partial charge in [0.25, 0.3) is 5.91 Å². The molecule has 0 saturated carbocycles. The smallest absolute Gasteiger partial charge is 0.337 e. The second kappa shape index (κ2) is 5.15. The van der Waals surface area contributed by atoms with Crippen LogP contribution in [0.1, 0.15) is 29.0 Å². The zero-order chi connectivity index (χ0) is 14.2. The molecule has 1 aromatic heterocycles. The third kappa shape index (κ3) is 2.93. The molecule has 19 heavy (non-hydrogen) atoms. The number of aromatic amines is 1. The predicted molar refractivity (Wildman–Crippen MR) is 65.7 cm³/mol. The molecule has 2 rings (SSSR count). The molecule has 0 aromatic carbocycles. The average molecular weight is 340 g/mol. The molecule has 1 saturated heterocycles. The molecule has 8 heteroatoms. The Kier molecular flexibility index (Phi) is 3.89. The minimum absolute atomic E-state index is 0.0774. The molecule has 0 bridgehead atoms. The van der Waals surface area contributed by atoms with Gasteiger partial charge in [-0.05, 0) is 35.7 Å². The van der Waals surface area contributed by atoms with Crippen molar-refractivity contribution in [2.45, 2.75) is 25.9 Å². The topological polar surface area (TPSA) is 49.0 Å². The Morgan fingerprint density at radius 2 is 2.21 bits per heavy atom. The maximum absolute atomic E-state index is 12.7. The molecular weight excluding hydrogens is 327 g/mol. The number of carbonyl (C=O) groups excluding carboxylic acids is 1. The summed E-state index contributed by atoms with van der Waals surface area (Å²) in [6.45, 7) is 1.77. The van der Waals surface area contributed by atoms with Gasteiger partial charge in [0.05, 0.1) is 10.4 Å². The van der Waals surface area contributed by atoms with Gasteiger partial charge >= 0.3 is 6.18 Å². The van der Waals surface area contributed by atoms with E-state index in [1.54, 1.807) is 6.92 Å². The molecule has 1 aliphatic rings. The number of carbonyl (C=O) groups is 1. The number of nitrogens with one attached hydrogen (secondary N) is 1. The Hall–Kier alpha value is -1.05. The molecule has 0 aliphatic carbocycles. The van der Waals surface area contributed by atoms with Crippen LogP contribution in [0.5, 0.6) is 0 Å². The van der Waals surface area contributed by atoms with E-state index in [1.165, 1.54) is 4.90 Å². The van der Waals surface area contributed by atoms with E-state index in [0.29, 0.717) is 23.1 Å². The number of nitrogens with zero attached hydrogens (tertiary/aromatic N) is 2. The van der Waals surface area contributed by atoms with Crippen molar-refractivity contribution in [3.63, 3.8) is 0 Å². The van der Waals surface area contributed by atoms with Crippen LogP contribution in [0.4, 0.5) is 13.2 Å². The lowest BCUT2D eigenvalue weighted by molar-refractivity contribution is -0.184. The number of aromatic nitrogens is 2. The van der Waals surface area contributed by atoms with E-state index in [4.69, 9.17) is 0 Å². The Bertz CT molecular complexity index is 486. The van der Waals surface area contributed by atoms with Crippen molar-refractivity contribution in [2.24, 2.45) is 5.92 Å². The van der Waals surface area contributed by atoms with E-state index in [-0.39, 0.29) is 18.7 Å². The van der Waals surface area contributed by atoms with Gasteiger partial charge in [-0.1, -0.05) is 0 Å². The number of hydrogen-bond donors (Lipinski definition) is 1. The first kappa shape index (κ1) is 14.4. The second-order valence-electron chi connectivity index (χ2n) is 4.64. The number of H-pyrrole nitrogens is 1. The van der Waals surface area contributed by atoms with Crippen molar-refractivity contribution in [3.8, 4) is 0 Å². The van der Waals surface area contributed by atoms with E-state index in [0.717, 1.165) is 0 Å². The first-order valence-electron chi connectivity index (χ1n) is 5.87. The summed E-state index contributed by atoms with van der Waals surface area (Å²) in [6, 6.07) is 0. The first-order valence-corrected chi connectivity index (χ1v) is 6.66. The van der Waals surface area contributed by atoms with E-state index in [9.17, 15) is 18.0 Å². The third-order valence-corrected chi connectivity index (χ3v) is 4.22. The van der Waals surface area contributed by atoms with Crippen LogP contribution in [0, 0.1) is 12.8 Å². The molecule has 0 radical (unpaired) electrons. The highest BCUT2D eigenvalue weighted by molar-refractivity contribution is 9.10. The molecule has 1 N–H and O–H groups in total. The summed E-state index contributed by atoms with van der Waals surface area (Å²) in [7, 11) is 0. The first-order chi connectivity index (χ1) is 8.80. The second-order valence-corrected chi connectivity index (χ2v) is 5.44. The summed E-state index contributed by atoms with van der Waals surface area (Å²) in [6.07, 6.45) is -3.82. The number of alkyl halides is 3. The predicted octanol–water partition coefficient (Wildman–Crippen LogP) is 2.90. The zero-order valence-electron chi connectivity index (χ0n) is 10.2. The average Bonchev–Trinajstić information content (AvgIpc) is 2.68. The number of hydrogen-bond acceptors (Lipinski definition) is 2. The van der Waals surface area contributed by atoms with E-state index >= 15 is 0 Å². The number of rotatable bonds is 1. The van der Waals surface area contributed by atoms with Gasteiger partial charge in [0, 0.05) is 18.8 Å². The van der Waals surface area contributed by atoms with Crippen molar-refractivity contribution in [1.29, 1.82) is 0 Å². The molecule has 0 spiro atoms. The highest BCUT2D eigenvalue weighted by atomic mass is 79.9. The van der Waals surface area contributed by atoms with Crippen molar-refractivity contribution in [2.75, 3.05) is 13.1 Å². The number of amides is 1. The lowest BCUT2D eigenvalue weighted by Crippen LogP contribution is -2.44. The Balaban J connectivity index is 2.14. The zero-order valence-corrected chi connectivity index (χ0v) is 11.8. The normalized spacial score (nSPS) is 20.7. The number of piperidine rings is 1. The fourth-order valence-corrected chi connectivity index (χ4v) is 2.48. The molecule has 106 valence electrons. The molecule has 1 aliphatic heterocycles. The highest BCUT2D eigenvalue weighted by Crippen LogP contribution is 2.33. The number of aryl methyl sites for hydroxylation is 1. The molecule has 1 unspecified atom stereocenters. The van der Waals surface area contributed by atoms with Crippen LogP contribution < -0.4 is 0 Å². The summed E-state index contributed by atoms with van der Waals surface area (Å²) >= 11 is 3.21. The Morgan fingerprint density at radius 3 is 2.74 bits per heavy atom. The third-order valence-electron chi connectivity index (χ3n) is 3.25. The molecule has 1 aromatic rings. The summed E-state index contributed by atoms with van der Waals surface area (Å²) < 4.78 is 38.6. The van der Waals surface area contributed by atoms with Crippen LogP contribution in [0.2, 0.25) is 0 Å². The van der Waals surface area contributed by atoms with Crippen molar-refractivity contribution >= 4 is 21.8 Å². The fraction of sp³-hybridized carbons (Fsp3) is 0.636. The van der Waals surface area contributed by atoms with Gasteiger partial charge in [-0.2, -0.15) is 18.3 Å². The van der Waals surface area contributed by atoms with Crippen LogP contribution in [-0.2, 0) is 0 Å². The van der Waals surface area contributed by atoms with Crippen molar-refractivity contribution in [1.82, 2.24) is 15.1 Å². The van der Waals surface area contributed by atoms with Crippen LogP contribution >= 0.6 is 15.9 Å². The molecule has 1 fully saturated rings. The van der Waals surface area contributed by atoms with Gasteiger partial charge in [-0.25, -0.2) is 0 Å². The quantitative estimate of drug-likeness (QED) is 0.855. The van der Waals surface area contributed by atoms with Crippen LogP contribution in [0.15, 0.2) is 4.47 Å². The van der Waals surface area contributed by atoms with Crippen molar-refractivity contribution < 1.29 is 18.0 Å². The summed E-state index contributed by atoms with van der Waals surface area (Å²) in [5.74, 6) is -1.91. The lowest BCUT2D eigenvalue weighted by atomic mass is 9.97. The fourth-order valence-electron chi connectivity index (χ4n) is 2.14. The van der Waals surface area contributed by atoms with Gasteiger partial charge in [-0.15, -0.1) is 0 Å². The van der Waals surface area contributed by atoms with Gasteiger partial charge in [0.2, 0.25) is 0 Å². The summed E-state index contributed by atoms with van der Waals surface area (Å²) in [5, 5.41) is 6.47. The van der Waals surface area contributed by atoms with E-state index in [2.05, 4.69) is 26.1 Å². The van der Waals surface area contributed by atoms with Crippen LogP contribution in [0.3, 0.4) is 0 Å². The van der Waals surface area contributed by atoms with Crippen molar-refractivity contribution in [3.05, 3.63) is 15.9 Å². The lowest BCUT2D eigenvalue weighted by Gasteiger charge is -2.33. The van der Waals surface area contributed by atoms with Gasteiger partial charge in [0.1, 0.15) is 0 Å². The molecular formula is C11H13BrF3N3O. The Morgan fingerprint density at radius 1 is 1.53 bits per heavy atom. The van der Waals surface area contributed by atoms with Crippen LogP contribution in [-0.4, -0.2) is 40.3 Å². The highest BCUT2D eigenvalue weighted by Gasteiger charge is 2.43. The van der Waals surface area contributed by atoms with Gasteiger partial charge in [0.15, 0.2) is 5.69 Å². The molecule has 1 amide bonds. The maximum Gasteiger partial charge on any atom is 0.393 e. The number of likely N-dealkylation sites (tertiary alicyclic amines) is 1. The SMILES string of the molecule is Cc1[nH]nc(C(=O)N2CCCC(C(F)(F)F)C2)c1Br. The largest absolute Gasteiger partial charge is 0.393 e. The molecule has 2 heterocycles. The number of halogens is 4. The summed E-state index contributed by atoms with van der Waals surface area (Å²) in [4.78, 5) is 13.4. The standard InChI is InChI=1S/C11H13BrF3N3O/c1-6-8(12)9(17-16-6)10(19)18-4-2-3-7(5-18)11(13,14)15/h7H,2-5H2,1H3,(H,16,17). The van der Waals surface area contributed by atoms with Crippen LogP contribution in [0.25, 0.3) is 0 Å². The molecule has 1 atom stereocenters. The Labute approximate surface area is 116 Å². The van der Waals surface area contributed by atoms with E-state index < -0.39 is 18.0 Å². The van der Waals surface area contributed by atoms with Gasteiger partial charge in [-0.3, -0.25) is 9.89 Å². The van der Waals surface area contributed by atoms with Gasteiger partial charge < -0.3 is 4.90 Å². The minimum Gasteiger partial charge on any atom is -0.337 e.